The van der Waals surface area contributed by atoms with E-state index in [2.05, 4.69) is 15.9 Å². The highest BCUT2D eigenvalue weighted by atomic mass is 35.5. The Morgan fingerprint density at radius 2 is 1.89 bits per heavy atom. The second kappa shape index (κ2) is 8.21. The molecule has 4 rings (SSSR count). The van der Waals surface area contributed by atoms with Crippen molar-refractivity contribution in [2.45, 2.75) is 6.10 Å². The standard InChI is InChI=1S/C21H23ClN2O3/c22-17-3-1-4-18(14-17)24-9-7-23(8-10-24)15-19(25)16-5-6-20-21(13-16)27-12-2-11-26-20/h1-6,12-14,19,25H,7-11,15H2. The number of fused-ring (bicyclic) bond motifs is 1. The lowest BCUT2D eigenvalue weighted by molar-refractivity contribution is 0.109. The molecule has 0 saturated carbocycles. The summed E-state index contributed by atoms with van der Waals surface area (Å²) in [7, 11) is 0. The number of piperazine rings is 1. The van der Waals surface area contributed by atoms with Crippen LogP contribution >= 0.6 is 11.6 Å². The van der Waals surface area contributed by atoms with Gasteiger partial charge in [-0.25, -0.2) is 0 Å². The lowest BCUT2D eigenvalue weighted by atomic mass is 10.1. The molecule has 0 amide bonds. The van der Waals surface area contributed by atoms with Crippen molar-refractivity contribution in [1.82, 2.24) is 4.90 Å². The lowest BCUT2D eigenvalue weighted by Crippen LogP contribution is -2.47. The second-order valence-corrected chi connectivity index (χ2v) is 7.23. The van der Waals surface area contributed by atoms with Gasteiger partial charge in [-0.2, -0.15) is 0 Å². The maximum absolute atomic E-state index is 10.7. The lowest BCUT2D eigenvalue weighted by Gasteiger charge is -2.37. The molecule has 0 aromatic heterocycles. The van der Waals surface area contributed by atoms with Crippen LogP contribution in [0.15, 0.2) is 54.8 Å². The van der Waals surface area contributed by atoms with Crippen molar-refractivity contribution in [3.8, 4) is 11.5 Å². The van der Waals surface area contributed by atoms with Gasteiger partial charge in [0.1, 0.15) is 6.61 Å². The molecule has 2 aliphatic heterocycles. The van der Waals surface area contributed by atoms with Crippen LogP contribution in [0.4, 0.5) is 5.69 Å². The number of hydrogen-bond acceptors (Lipinski definition) is 5. The van der Waals surface area contributed by atoms with E-state index in [1.807, 2.05) is 42.5 Å². The SMILES string of the molecule is OC(CN1CCN(c2cccc(Cl)c2)CC1)c1ccc2c(c1)OC=CCO2. The van der Waals surface area contributed by atoms with Crippen molar-refractivity contribution in [2.75, 3.05) is 44.2 Å². The van der Waals surface area contributed by atoms with Crippen molar-refractivity contribution < 1.29 is 14.6 Å². The maximum atomic E-state index is 10.7. The Kier molecular flexibility index (Phi) is 5.53. The number of ether oxygens (including phenoxy) is 2. The Bertz CT molecular complexity index is 819. The highest BCUT2D eigenvalue weighted by molar-refractivity contribution is 6.30. The van der Waals surface area contributed by atoms with E-state index in [1.165, 1.54) is 0 Å². The van der Waals surface area contributed by atoms with Gasteiger partial charge in [0, 0.05) is 43.4 Å². The zero-order valence-corrected chi connectivity index (χ0v) is 15.8. The quantitative estimate of drug-likeness (QED) is 0.871. The number of aliphatic hydroxyl groups excluding tert-OH is 1. The van der Waals surface area contributed by atoms with Crippen LogP contribution in [-0.2, 0) is 0 Å². The van der Waals surface area contributed by atoms with Gasteiger partial charge in [-0.05, 0) is 42.0 Å². The summed E-state index contributed by atoms with van der Waals surface area (Å²) in [6, 6.07) is 13.6. The molecule has 2 aromatic carbocycles. The summed E-state index contributed by atoms with van der Waals surface area (Å²) in [5.74, 6) is 1.34. The molecule has 0 bridgehead atoms. The molecule has 2 heterocycles. The Morgan fingerprint density at radius 1 is 1.04 bits per heavy atom. The minimum atomic E-state index is -0.566. The smallest absolute Gasteiger partial charge is 0.168 e. The molecular formula is C21H23ClN2O3. The van der Waals surface area contributed by atoms with Crippen molar-refractivity contribution in [1.29, 1.82) is 0 Å². The summed E-state index contributed by atoms with van der Waals surface area (Å²) in [5.41, 5.74) is 1.99. The zero-order chi connectivity index (χ0) is 18.6. The third kappa shape index (κ3) is 4.38. The topological polar surface area (TPSA) is 45.2 Å². The molecule has 1 atom stereocenters. The molecule has 5 nitrogen and oxygen atoms in total. The van der Waals surface area contributed by atoms with Crippen LogP contribution in [0.1, 0.15) is 11.7 Å². The summed E-state index contributed by atoms with van der Waals surface area (Å²) < 4.78 is 11.1. The molecule has 27 heavy (non-hydrogen) atoms. The highest BCUT2D eigenvalue weighted by Gasteiger charge is 2.21. The predicted octanol–water partition coefficient (Wildman–Crippen LogP) is 3.48. The van der Waals surface area contributed by atoms with Gasteiger partial charge in [0.2, 0.25) is 0 Å². The summed E-state index contributed by atoms with van der Waals surface area (Å²) in [6.07, 6.45) is 2.87. The molecule has 6 heteroatoms. The normalized spacial score (nSPS) is 18.2. The fourth-order valence-electron chi connectivity index (χ4n) is 3.45. The third-order valence-corrected chi connectivity index (χ3v) is 5.19. The number of rotatable bonds is 4. The summed E-state index contributed by atoms with van der Waals surface area (Å²) in [5, 5.41) is 11.4. The van der Waals surface area contributed by atoms with E-state index >= 15 is 0 Å². The van der Waals surface area contributed by atoms with Crippen LogP contribution in [0.2, 0.25) is 5.02 Å². The molecule has 0 spiro atoms. The van der Waals surface area contributed by atoms with Gasteiger partial charge in [0.25, 0.3) is 0 Å². The van der Waals surface area contributed by atoms with Crippen LogP contribution in [0.3, 0.4) is 0 Å². The number of nitrogens with zero attached hydrogens (tertiary/aromatic N) is 2. The first-order valence-corrected chi connectivity index (χ1v) is 9.56. The van der Waals surface area contributed by atoms with Crippen LogP contribution < -0.4 is 14.4 Å². The van der Waals surface area contributed by atoms with E-state index < -0.39 is 6.10 Å². The number of benzene rings is 2. The third-order valence-electron chi connectivity index (χ3n) is 4.96. The molecule has 2 aromatic rings. The van der Waals surface area contributed by atoms with Gasteiger partial charge in [-0.3, -0.25) is 4.90 Å². The summed E-state index contributed by atoms with van der Waals surface area (Å²) in [4.78, 5) is 4.61. The molecule has 1 unspecified atom stereocenters. The minimum Gasteiger partial charge on any atom is -0.485 e. The maximum Gasteiger partial charge on any atom is 0.168 e. The van der Waals surface area contributed by atoms with Crippen LogP contribution in [0, 0.1) is 0 Å². The molecule has 1 N–H and O–H groups in total. The van der Waals surface area contributed by atoms with E-state index in [-0.39, 0.29) is 0 Å². The Morgan fingerprint density at radius 3 is 2.70 bits per heavy atom. The first-order chi connectivity index (χ1) is 13.2. The second-order valence-electron chi connectivity index (χ2n) is 6.79. The fourth-order valence-corrected chi connectivity index (χ4v) is 3.64. The average Bonchev–Trinajstić information content (AvgIpc) is 2.93. The van der Waals surface area contributed by atoms with Gasteiger partial charge in [0.15, 0.2) is 11.5 Å². The molecule has 0 radical (unpaired) electrons. The molecule has 1 saturated heterocycles. The fraction of sp³-hybridized carbons (Fsp3) is 0.333. The van der Waals surface area contributed by atoms with E-state index in [9.17, 15) is 5.11 Å². The van der Waals surface area contributed by atoms with E-state index in [4.69, 9.17) is 21.1 Å². The first kappa shape index (κ1) is 18.2. The van der Waals surface area contributed by atoms with Gasteiger partial charge in [-0.15, -0.1) is 0 Å². The van der Waals surface area contributed by atoms with Gasteiger partial charge in [-0.1, -0.05) is 23.7 Å². The molecular weight excluding hydrogens is 364 g/mol. The van der Waals surface area contributed by atoms with E-state index in [1.54, 1.807) is 6.26 Å². The molecule has 0 aliphatic carbocycles. The Hall–Kier alpha value is -2.21. The summed E-state index contributed by atoms with van der Waals surface area (Å²) in [6.45, 7) is 4.72. The number of anilines is 1. The number of β-amino-alcohol motifs (C(OH)–C–C–N with tert-alkyl or cyclic N) is 1. The largest absolute Gasteiger partial charge is 0.485 e. The number of hydrogen-bond donors (Lipinski definition) is 1. The van der Waals surface area contributed by atoms with Gasteiger partial charge >= 0.3 is 0 Å². The zero-order valence-electron chi connectivity index (χ0n) is 15.1. The van der Waals surface area contributed by atoms with Gasteiger partial charge < -0.3 is 19.5 Å². The highest BCUT2D eigenvalue weighted by Crippen LogP contribution is 2.32. The van der Waals surface area contributed by atoms with E-state index in [0.717, 1.165) is 42.5 Å². The van der Waals surface area contributed by atoms with Crippen molar-refractivity contribution in [2.24, 2.45) is 0 Å². The predicted molar refractivity (Wildman–Crippen MR) is 107 cm³/mol. The molecule has 142 valence electrons. The number of aliphatic hydroxyl groups is 1. The van der Waals surface area contributed by atoms with Crippen LogP contribution in [0.5, 0.6) is 11.5 Å². The minimum absolute atomic E-state index is 0.492. The van der Waals surface area contributed by atoms with Crippen LogP contribution in [0.25, 0.3) is 0 Å². The van der Waals surface area contributed by atoms with Crippen molar-refractivity contribution in [3.05, 3.63) is 65.4 Å². The molecule has 1 fully saturated rings. The molecule has 2 aliphatic rings. The van der Waals surface area contributed by atoms with E-state index in [0.29, 0.717) is 24.7 Å². The van der Waals surface area contributed by atoms with Crippen molar-refractivity contribution >= 4 is 17.3 Å². The first-order valence-electron chi connectivity index (χ1n) is 9.18. The Labute approximate surface area is 164 Å². The van der Waals surface area contributed by atoms with Crippen LogP contribution in [-0.4, -0.2) is 49.3 Å². The van der Waals surface area contributed by atoms with Gasteiger partial charge in [0.05, 0.1) is 12.4 Å². The number of halogens is 1. The summed E-state index contributed by atoms with van der Waals surface area (Å²) >= 11 is 6.10. The monoisotopic (exact) mass is 386 g/mol. The average molecular weight is 387 g/mol. The Balaban J connectivity index is 1.35. The van der Waals surface area contributed by atoms with Crippen molar-refractivity contribution in [3.63, 3.8) is 0 Å².